The Morgan fingerprint density at radius 2 is 1.93 bits per heavy atom. The summed E-state index contributed by atoms with van der Waals surface area (Å²) in [5, 5.41) is 0.661. The Morgan fingerprint density at radius 1 is 1.15 bits per heavy atom. The van der Waals surface area contributed by atoms with Crippen molar-refractivity contribution in [2.75, 3.05) is 39.2 Å². The molecule has 0 saturated heterocycles. The number of likely N-dealkylation sites (N-methyl/N-ethyl adjacent to an activating group) is 2. The van der Waals surface area contributed by atoms with E-state index in [-0.39, 0.29) is 12.5 Å². The maximum Gasteiger partial charge on any atom is 0.474 e. The fourth-order valence-corrected chi connectivity index (χ4v) is 5.18. The molecule has 3 heterocycles. The first-order chi connectivity index (χ1) is 19.5. The first-order valence-electron chi connectivity index (χ1n) is 13.0. The summed E-state index contributed by atoms with van der Waals surface area (Å²) in [6.07, 6.45) is 7.15. The van der Waals surface area contributed by atoms with Gasteiger partial charge in [0.1, 0.15) is 11.9 Å². The minimum absolute atomic E-state index is 0.00228. The zero-order valence-electron chi connectivity index (χ0n) is 23.6. The van der Waals surface area contributed by atoms with Gasteiger partial charge in [-0.2, -0.15) is 4.39 Å². The second kappa shape index (κ2) is 12.8. The molecule has 1 aromatic carbocycles. The topological polar surface area (TPSA) is 110 Å². The molecule has 4 aromatic rings. The molecule has 0 radical (unpaired) electrons. The summed E-state index contributed by atoms with van der Waals surface area (Å²) in [6.45, 7) is 3.84. The number of aromatic nitrogens is 3. The molecule has 4 rings (SSSR count). The first kappa shape index (κ1) is 30.2. The second-order valence-electron chi connectivity index (χ2n) is 9.62. The van der Waals surface area contributed by atoms with Crippen LogP contribution in [0.1, 0.15) is 20.1 Å². The monoisotopic (exact) mass is 581 g/mol. The molecule has 3 aromatic heterocycles. The number of carbonyl (C=O) groups excluding carboxylic acids is 1. The van der Waals surface area contributed by atoms with Gasteiger partial charge in [-0.3, -0.25) is 13.8 Å². The van der Waals surface area contributed by atoms with E-state index in [1.807, 2.05) is 55.4 Å². The molecule has 216 valence electrons. The average molecular weight is 582 g/mol. The van der Waals surface area contributed by atoms with E-state index in [9.17, 15) is 18.6 Å². The molecule has 0 aliphatic rings. The number of fused-ring (bicyclic) bond motifs is 1. The van der Waals surface area contributed by atoms with E-state index < -0.39 is 20.0 Å². The van der Waals surface area contributed by atoms with Gasteiger partial charge in [0.05, 0.1) is 6.61 Å². The van der Waals surface area contributed by atoms with Gasteiger partial charge in [0.25, 0.3) is 0 Å². The molecule has 12 heteroatoms. The van der Waals surface area contributed by atoms with Gasteiger partial charge in [0.2, 0.25) is 11.9 Å². The Kier molecular flexibility index (Phi) is 9.47. The molecule has 0 aliphatic carbocycles. The number of anilines is 1. The summed E-state index contributed by atoms with van der Waals surface area (Å²) in [5.41, 5.74) is 3.91. The van der Waals surface area contributed by atoms with Crippen LogP contribution in [0.4, 0.5) is 10.1 Å². The lowest BCUT2D eigenvalue weighted by Crippen LogP contribution is -2.24. The summed E-state index contributed by atoms with van der Waals surface area (Å²) in [4.78, 5) is 34.6. The van der Waals surface area contributed by atoms with Crippen LogP contribution in [-0.4, -0.2) is 64.5 Å². The van der Waals surface area contributed by atoms with Crippen LogP contribution >= 0.6 is 7.82 Å². The van der Waals surface area contributed by atoms with Gasteiger partial charge in [0, 0.05) is 66.5 Å². The van der Waals surface area contributed by atoms with Crippen molar-refractivity contribution in [1.29, 1.82) is 0 Å². The van der Waals surface area contributed by atoms with Crippen LogP contribution in [0.15, 0.2) is 73.2 Å². The van der Waals surface area contributed by atoms with E-state index >= 15 is 0 Å². The largest absolute Gasteiger partial charge is 0.474 e. The number of halogens is 1. The highest BCUT2D eigenvalue weighted by Crippen LogP contribution is 2.47. The van der Waals surface area contributed by atoms with E-state index in [4.69, 9.17) is 9.05 Å². The summed E-state index contributed by atoms with van der Waals surface area (Å²) in [6, 6.07) is 12.4. The van der Waals surface area contributed by atoms with E-state index in [0.29, 0.717) is 34.4 Å². The number of hydrogen-bond acceptors (Lipinski definition) is 7. The van der Waals surface area contributed by atoms with Crippen LogP contribution < -0.4 is 4.90 Å². The van der Waals surface area contributed by atoms with Crippen molar-refractivity contribution in [3.63, 3.8) is 0 Å². The number of carbonyl (C=O) groups is 1. The molecular formula is C29H33FN5O5P. The highest BCUT2D eigenvalue weighted by atomic mass is 31.2. The molecule has 1 amide bonds. The molecule has 41 heavy (non-hydrogen) atoms. The average Bonchev–Trinajstić information content (AvgIpc) is 3.31. The molecule has 2 unspecified atom stereocenters. The minimum Gasteiger partial charge on any atom is -0.312 e. The lowest BCUT2D eigenvalue weighted by molar-refractivity contribution is -0.113. The Balaban J connectivity index is 1.76. The molecule has 0 bridgehead atoms. The van der Waals surface area contributed by atoms with Crippen LogP contribution in [0.25, 0.3) is 33.3 Å². The number of phosphoric ester groups is 1. The van der Waals surface area contributed by atoms with Gasteiger partial charge in [0.15, 0.2) is 0 Å². The zero-order chi connectivity index (χ0) is 29.7. The first-order valence-corrected chi connectivity index (χ1v) is 14.5. The number of benzene rings is 1. The quantitative estimate of drug-likeness (QED) is 0.137. The summed E-state index contributed by atoms with van der Waals surface area (Å²) >= 11 is 0. The van der Waals surface area contributed by atoms with E-state index in [0.717, 1.165) is 11.1 Å². The Bertz CT molecular complexity index is 1620. The van der Waals surface area contributed by atoms with Crippen LogP contribution in [0, 0.1) is 5.95 Å². The lowest BCUT2D eigenvalue weighted by Gasteiger charge is -2.19. The molecule has 0 aliphatic heterocycles. The van der Waals surface area contributed by atoms with Gasteiger partial charge in [-0.25, -0.2) is 14.5 Å². The zero-order valence-corrected chi connectivity index (χ0v) is 24.5. The molecule has 1 N–H and O–H groups in total. The highest BCUT2D eigenvalue weighted by molar-refractivity contribution is 7.47. The standard InChI is InChI=1S/C29H33FN5O5P/c1-6-39-41(37,38)40-20(2)35-19-26(22-12-13-31-27(30)17-22)25-16-23(18-32-29(25)35)21-9-7-10-24(15-21)34(5)28(36)11-8-14-33(3)4/h7-13,15-20H,6,14H2,1-5H3,(H,37,38)/b11-8+. The van der Waals surface area contributed by atoms with Crippen LogP contribution in [0.3, 0.4) is 0 Å². The van der Waals surface area contributed by atoms with E-state index in [1.54, 1.807) is 54.9 Å². The summed E-state index contributed by atoms with van der Waals surface area (Å²) in [7, 11) is 1.25. The lowest BCUT2D eigenvalue weighted by atomic mass is 10.0. The number of nitrogens with zero attached hydrogens (tertiary/aromatic N) is 5. The molecule has 10 nitrogen and oxygen atoms in total. The molecule has 2 atom stereocenters. The van der Waals surface area contributed by atoms with Gasteiger partial charge in [-0.05, 0) is 63.3 Å². The minimum atomic E-state index is -4.31. The second-order valence-corrected chi connectivity index (χ2v) is 11.0. The summed E-state index contributed by atoms with van der Waals surface area (Å²) in [5.74, 6) is -0.799. The maximum atomic E-state index is 14.1. The van der Waals surface area contributed by atoms with Crippen molar-refractivity contribution in [2.45, 2.75) is 20.1 Å². The highest BCUT2D eigenvalue weighted by Gasteiger charge is 2.26. The van der Waals surface area contributed by atoms with Crippen molar-refractivity contribution >= 4 is 30.5 Å². The van der Waals surface area contributed by atoms with Crippen LogP contribution in [-0.2, 0) is 18.4 Å². The van der Waals surface area contributed by atoms with E-state index in [2.05, 4.69) is 9.97 Å². The molecular weight excluding hydrogens is 548 g/mol. The Morgan fingerprint density at radius 3 is 2.63 bits per heavy atom. The third-order valence-corrected chi connectivity index (χ3v) is 7.46. The van der Waals surface area contributed by atoms with Gasteiger partial charge >= 0.3 is 7.82 Å². The van der Waals surface area contributed by atoms with Crippen LogP contribution in [0.2, 0.25) is 0 Å². The third-order valence-electron chi connectivity index (χ3n) is 6.31. The fourth-order valence-electron chi connectivity index (χ4n) is 4.30. The molecule has 0 fully saturated rings. The van der Waals surface area contributed by atoms with Crippen LogP contribution in [0.5, 0.6) is 0 Å². The molecule has 0 saturated carbocycles. The van der Waals surface area contributed by atoms with Crippen molar-refractivity contribution in [2.24, 2.45) is 0 Å². The number of phosphoric acid groups is 1. The maximum absolute atomic E-state index is 14.1. The van der Waals surface area contributed by atoms with Crippen molar-refractivity contribution in [3.05, 3.63) is 79.2 Å². The number of rotatable bonds is 11. The number of hydrogen-bond donors (Lipinski definition) is 1. The van der Waals surface area contributed by atoms with Gasteiger partial charge in [-0.1, -0.05) is 18.2 Å². The fraction of sp³-hybridized carbons (Fsp3) is 0.276. The normalized spacial score (nSPS) is 14.0. The van der Waals surface area contributed by atoms with E-state index in [1.165, 1.54) is 12.3 Å². The Hall–Kier alpha value is -3.73. The number of pyridine rings is 2. The SMILES string of the molecule is CCOP(=O)(O)OC(C)n1cc(-c2ccnc(F)c2)c2cc(-c3cccc(N(C)C(=O)/C=C/CN(C)C)c3)cnc21. The smallest absolute Gasteiger partial charge is 0.312 e. The van der Waals surface area contributed by atoms with Gasteiger partial charge in [-0.15, -0.1) is 0 Å². The Labute approximate surface area is 238 Å². The molecule has 0 spiro atoms. The van der Waals surface area contributed by atoms with Crippen molar-refractivity contribution in [1.82, 2.24) is 19.4 Å². The predicted molar refractivity (Wildman–Crippen MR) is 157 cm³/mol. The van der Waals surface area contributed by atoms with Crippen molar-refractivity contribution < 1.29 is 27.7 Å². The van der Waals surface area contributed by atoms with Crippen molar-refractivity contribution in [3.8, 4) is 22.3 Å². The summed E-state index contributed by atoms with van der Waals surface area (Å²) < 4.78 is 38.2. The number of amides is 1. The third kappa shape index (κ3) is 7.32. The van der Waals surface area contributed by atoms with Gasteiger partial charge < -0.3 is 19.3 Å². The predicted octanol–water partition coefficient (Wildman–Crippen LogP) is 5.66.